The van der Waals surface area contributed by atoms with Gasteiger partial charge in [-0.2, -0.15) is 5.26 Å². The van der Waals surface area contributed by atoms with Crippen LogP contribution in [0.4, 0.5) is 0 Å². The molecule has 0 bridgehead atoms. The van der Waals surface area contributed by atoms with Gasteiger partial charge in [0, 0.05) is 49.9 Å². The molecule has 4 aromatic rings. The first-order chi connectivity index (χ1) is 21.8. The summed E-state index contributed by atoms with van der Waals surface area (Å²) in [7, 11) is 0. The van der Waals surface area contributed by atoms with Gasteiger partial charge in [-0.1, -0.05) is 53.6 Å². The van der Waals surface area contributed by atoms with Crippen LogP contribution in [0.15, 0.2) is 83.3 Å². The Balaban J connectivity index is 1.26. The van der Waals surface area contributed by atoms with Gasteiger partial charge in [0.2, 0.25) is 0 Å². The number of carbonyl (C=O) groups excluding carboxylic acids is 1. The van der Waals surface area contributed by atoms with Crippen molar-refractivity contribution in [2.45, 2.75) is 58.3 Å². The average molecular weight is 624 g/mol. The summed E-state index contributed by atoms with van der Waals surface area (Å²) in [6.07, 6.45) is 1.46. The Bertz CT molecular complexity index is 1610. The van der Waals surface area contributed by atoms with Crippen molar-refractivity contribution in [2.24, 2.45) is 0 Å². The van der Waals surface area contributed by atoms with Crippen LogP contribution in [0.5, 0.6) is 0 Å². The third kappa shape index (κ3) is 9.06. The second-order valence-electron chi connectivity index (χ2n) is 12.1. The Kier molecular flexibility index (Phi) is 11.1. The molecule has 1 aliphatic rings. The number of nitriles is 1. The minimum absolute atomic E-state index is 0.104. The van der Waals surface area contributed by atoms with Crippen LogP contribution in [0, 0.1) is 18.3 Å². The minimum Gasteiger partial charge on any atom is -0.460 e. The number of hydrogen-bond donors (Lipinski definition) is 3. The van der Waals surface area contributed by atoms with Crippen LogP contribution in [0.3, 0.4) is 0 Å². The van der Waals surface area contributed by atoms with E-state index in [4.69, 9.17) is 16.0 Å². The molecule has 0 saturated carbocycles. The predicted molar refractivity (Wildman–Crippen MR) is 180 cm³/mol. The molecular weight excluding hydrogens is 582 g/mol. The predicted octanol–water partition coefficient (Wildman–Crippen LogP) is 6.66. The fourth-order valence-electron chi connectivity index (χ4n) is 5.75. The van der Waals surface area contributed by atoms with Crippen molar-refractivity contribution < 1.29 is 9.21 Å². The number of hydrogen-bond acceptors (Lipinski definition) is 6. The molecule has 0 aliphatic carbocycles. The lowest BCUT2D eigenvalue weighted by Gasteiger charge is -2.33. The summed E-state index contributed by atoms with van der Waals surface area (Å²) in [5.41, 5.74) is 5.36. The number of nitrogens with zero attached hydrogens (tertiary/aromatic N) is 2. The van der Waals surface area contributed by atoms with Crippen LogP contribution in [0.2, 0.25) is 5.02 Å². The van der Waals surface area contributed by atoms with Crippen LogP contribution >= 0.6 is 11.6 Å². The third-order valence-corrected chi connectivity index (χ3v) is 8.79. The second kappa shape index (κ2) is 15.4. The molecule has 3 N–H and O–H groups in total. The normalized spacial score (nSPS) is 16.6. The van der Waals surface area contributed by atoms with E-state index in [1.165, 1.54) is 11.1 Å². The number of halogens is 1. The molecule has 0 radical (unpaired) electrons. The molecule has 8 heteroatoms. The summed E-state index contributed by atoms with van der Waals surface area (Å²) in [5.74, 6) is 1.28. The summed E-state index contributed by atoms with van der Waals surface area (Å²) < 4.78 is 6.17. The van der Waals surface area contributed by atoms with E-state index in [0.29, 0.717) is 40.9 Å². The highest BCUT2D eigenvalue weighted by atomic mass is 35.5. The van der Waals surface area contributed by atoms with Gasteiger partial charge in [0.1, 0.15) is 11.5 Å². The van der Waals surface area contributed by atoms with Crippen LogP contribution in [0.1, 0.15) is 64.7 Å². The highest BCUT2D eigenvalue weighted by Gasteiger charge is 2.21. The van der Waals surface area contributed by atoms with Gasteiger partial charge in [-0.05, 0) is 87.2 Å². The van der Waals surface area contributed by atoms with E-state index in [1.807, 2.05) is 42.5 Å². The summed E-state index contributed by atoms with van der Waals surface area (Å²) >= 11 is 6.58. The van der Waals surface area contributed by atoms with Crippen molar-refractivity contribution in [3.05, 3.63) is 117 Å². The van der Waals surface area contributed by atoms with E-state index in [9.17, 15) is 10.1 Å². The first-order valence-electron chi connectivity index (χ1n) is 15.7. The second-order valence-corrected chi connectivity index (χ2v) is 12.5. The van der Waals surface area contributed by atoms with Gasteiger partial charge in [0.15, 0.2) is 0 Å². The highest BCUT2D eigenvalue weighted by Crippen LogP contribution is 2.28. The zero-order valence-electron chi connectivity index (χ0n) is 26.3. The molecule has 3 atom stereocenters. The van der Waals surface area contributed by atoms with E-state index in [0.717, 1.165) is 49.5 Å². The summed E-state index contributed by atoms with van der Waals surface area (Å²) in [6.45, 7) is 10.8. The van der Waals surface area contributed by atoms with Gasteiger partial charge in [-0.25, -0.2) is 0 Å². The van der Waals surface area contributed by atoms with Crippen LogP contribution in [-0.4, -0.2) is 49.1 Å². The summed E-state index contributed by atoms with van der Waals surface area (Å²) in [4.78, 5) is 16.1. The highest BCUT2D eigenvalue weighted by molar-refractivity contribution is 6.34. The molecule has 3 aromatic carbocycles. The van der Waals surface area contributed by atoms with Crippen molar-refractivity contribution in [3.63, 3.8) is 0 Å². The standard InChI is InChI=1S/C37H42ClN5O2/c1-25-4-10-30(11-5-25)27(3)41-23-33-13-15-36(45-33)31-12-14-35(38)34(21-31)37(44)42-32(16-18-43-19-17-40-26(2)24-43)20-28-6-8-29(22-39)9-7-28/h4-15,21,26-27,32,40-41H,16-20,23-24H2,1-3H3,(H,42,44)/t26?,27-,32+/m1/s1. The molecule has 1 saturated heterocycles. The number of benzene rings is 3. The van der Waals surface area contributed by atoms with Crippen molar-refractivity contribution in [3.8, 4) is 17.4 Å². The van der Waals surface area contributed by atoms with Crippen molar-refractivity contribution in [2.75, 3.05) is 26.2 Å². The Morgan fingerprint density at radius 2 is 1.89 bits per heavy atom. The number of nitrogens with one attached hydrogen (secondary N) is 3. The number of carbonyl (C=O) groups is 1. The molecule has 1 fully saturated rings. The molecule has 1 unspecified atom stereocenters. The lowest BCUT2D eigenvalue weighted by molar-refractivity contribution is 0.0929. The molecule has 7 nitrogen and oxygen atoms in total. The third-order valence-electron chi connectivity index (χ3n) is 8.46. The SMILES string of the molecule is Cc1ccc([C@@H](C)NCc2ccc(-c3ccc(Cl)c(C(=O)N[C@@H](CCN4CCNC(C)C4)Cc4ccc(C#N)cc4)c3)o2)cc1. The molecule has 5 rings (SSSR count). The van der Waals surface area contributed by atoms with Crippen LogP contribution in [0.25, 0.3) is 11.3 Å². The molecule has 45 heavy (non-hydrogen) atoms. The topological polar surface area (TPSA) is 93.3 Å². The summed E-state index contributed by atoms with van der Waals surface area (Å²) in [6, 6.07) is 28.1. The van der Waals surface area contributed by atoms with Gasteiger partial charge < -0.3 is 25.3 Å². The van der Waals surface area contributed by atoms with E-state index in [-0.39, 0.29) is 18.0 Å². The minimum atomic E-state index is -0.213. The number of furan rings is 1. The van der Waals surface area contributed by atoms with Gasteiger partial charge in [-0.3, -0.25) is 4.79 Å². The van der Waals surface area contributed by atoms with Crippen molar-refractivity contribution in [1.82, 2.24) is 20.9 Å². The Hall–Kier alpha value is -3.93. The Labute approximate surface area is 271 Å². The monoisotopic (exact) mass is 623 g/mol. The van der Waals surface area contributed by atoms with Gasteiger partial charge in [-0.15, -0.1) is 0 Å². The van der Waals surface area contributed by atoms with Crippen molar-refractivity contribution in [1.29, 1.82) is 5.26 Å². The van der Waals surface area contributed by atoms with E-state index in [1.54, 1.807) is 12.1 Å². The lowest BCUT2D eigenvalue weighted by Crippen LogP contribution is -2.50. The molecule has 234 valence electrons. The molecule has 2 heterocycles. The fraction of sp³-hybridized carbons (Fsp3) is 0.351. The molecule has 1 aliphatic heterocycles. The number of amides is 1. The average Bonchev–Trinajstić information content (AvgIpc) is 3.52. The molecule has 1 aromatic heterocycles. The maximum atomic E-state index is 13.7. The zero-order chi connectivity index (χ0) is 31.8. The van der Waals surface area contributed by atoms with Crippen LogP contribution < -0.4 is 16.0 Å². The Morgan fingerprint density at radius 1 is 1.11 bits per heavy atom. The fourth-order valence-corrected chi connectivity index (χ4v) is 5.95. The van der Waals surface area contributed by atoms with Crippen LogP contribution in [-0.2, 0) is 13.0 Å². The molecule has 1 amide bonds. The van der Waals surface area contributed by atoms with Crippen molar-refractivity contribution >= 4 is 17.5 Å². The van der Waals surface area contributed by atoms with E-state index < -0.39 is 0 Å². The number of piperazine rings is 1. The largest absolute Gasteiger partial charge is 0.460 e. The van der Waals surface area contributed by atoms with E-state index in [2.05, 4.69) is 72.0 Å². The molecular formula is C37H42ClN5O2. The first-order valence-corrected chi connectivity index (χ1v) is 16.1. The van der Waals surface area contributed by atoms with Gasteiger partial charge in [0.25, 0.3) is 5.91 Å². The molecule has 0 spiro atoms. The quantitative estimate of drug-likeness (QED) is 0.164. The maximum Gasteiger partial charge on any atom is 0.253 e. The first kappa shape index (κ1) is 32.5. The van der Waals surface area contributed by atoms with Gasteiger partial charge >= 0.3 is 0 Å². The van der Waals surface area contributed by atoms with Gasteiger partial charge in [0.05, 0.1) is 28.8 Å². The number of aryl methyl sites for hydroxylation is 1. The van der Waals surface area contributed by atoms with E-state index >= 15 is 0 Å². The number of rotatable bonds is 12. The smallest absolute Gasteiger partial charge is 0.253 e. The maximum absolute atomic E-state index is 13.7. The Morgan fingerprint density at radius 3 is 2.62 bits per heavy atom. The summed E-state index contributed by atoms with van der Waals surface area (Å²) in [5, 5.41) is 19.9. The zero-order valence-corrected chi connectivity index (χ0v) is 27.0. The lowest BCUT2D eigenvalue weighted by atomic mass is 10.0.